The largest absolute Gasteiger partial charge is 0.329 e. The molecule has 0 amide bonds. The minimum absolute atomic E-state index is 0.0307. The van der Waals surface area contributed by atoms with Crippen LogP contribution >= 0.6 is 0 Å². The maximum atomic E-state index is 5.86. The van der Waals surface area contributed by atoms with Crippen LogP contribution in [0.3, 0.4) is 0 Å². The van der Waals surface area contributed by atoms with Gasteiger partial charge in [0.1, 0.15) is 12.2 Å². The number of hydrogen-bond acceptors (Lipinski definition) is 4. The van der Waals surface area contributed by atoms with Crippen molar-refractivity contribution in [1.29, 1.82) is 0 Å². The van der Waals surface area contributed by atoms with Gasteiger partial charge in [-0.05, 0) is 26.8 Å². The molecule has 17 heavy (non-hydrogen) atoms. The highest BCUT2D eigenvalue weighted by Crippen LogP contribution is 2.18. The number of aryl methyl sites for hydroxylation is 1. The SMILES string of the molecule is CCCn1ncnc1CN(C)C(C)(CC)CN. The van der Waals surface area contributed by atoms with Gasteiger partial charge in [-0.2, -0.15) is 5.10 Å². The fourth-order valence-corrected chi connectivity index (χ4v) is 1.78. The Hall–Kier alpha value is -0.940. The minimum atomic E-state index is 0.0307. The van der Waals surface area contributed by atoms with Crippen LogP contribution in [-0.2, 0) is 13.1 Å². The van der Waals surface area contributed by atoms with E-state index >= 15 is 0 Å². The van der Waals surface area contributed by atoms with Gasteiger partial charge in [-0.25, -0.2) is 9.67 Å². The van der Waals surface area contributed by atoms with Crippen molar-refractivity contribution in [2.75, 3.05) is 13.6 Å². The van der Waals surface area contributed by atoms with Crippen LogP contribution in [0.15, 0.2) is 6.33 Å². The molecule has 0 bridgehead atoms. The zero-order valence-electron chi connectivity index (χ0n) is 11.5. The van der Waals surface area contributed by atoms with E-state index in [1.165, 1.54) is 0 Å². The van der Waals surface area contributed by atoms with Gasteiger partial charge in [0.05, 0.1) is 6.54 Å². The summed E-state index contributed by atoms with van der Waals surface area (Å²) in [5.74, 6) is 1.02. The highest BCUT2D eigenvalue weighted by atomic mass is 15.3. The summed E-state index contributed by atoms with van der Waals surface area (Å²) >= 11 is 0. The Labute approximate surface area is 104 Å². The lowest BCUT2D eigenvalue weighted by Crippen LogP contribution is -2.49. The lowest BCUT2D eigenvalue weighted by molar-refractivity contribution is 0.126. The van der Waals surface area contributed by atoms with E-state index in [0.29, 0.717) is 6.54 Å². The number of likely N-dealkylation sites (N-methyl/N-ethyl adjacent to an activating group) is 1. The molecule has 1 aromatic heterocycles. The quantitative estimate of drug-likeness (QED) is 0.778. The Morgan fingerprint density at radius 2 is 2.18 bits per heavy atom. The molecule has 2 N–H and O–H groups in total. The second-order valence-corrected chi connectivity index (χ2v) is 4.81. The zero-order valence-corrected chi connectivity index (χ0v) is 11.5. The Kier molecular flexibility index (Phi) is 5.08. The summed E-state index contributed by atoms with van der Waals surface area (Å²) in [5, 5.41) is 4.24. The van der Waals surface area contributed by atoms with Crippen LogP contribution in [0.25, 0.3) is 0 Å². The van der Waals surface area contributed by atoms with Gasteiger partial charge in [0, 0.05) is 18.6 Å². The van der Waals surface area contributed by atoms with Gasteiger partial charge in [0.15, 0.2) is 0 Å². The van der Waals surface area contributed by atoms with Crippen LogP contribution in [0.2, 0.25) is 0 Å². The molecule has 0 aliphatic heterocycles. The van der Waals surface area contributed by atoms with Crippen LogP contribution in [0.5, 0.6) is 0 Å². The molecular formula is C12H25N5. The lowest BCUT2D eigenvalue weighted by Gasteiger charge is -2.36. The van der Waals surface area contributed by atoms with Gasteiger partial charge in [0.25, 0.3) is 0 Å². The number of rotatable bonds is 7. The van der Waals surface area contributed by atoms with Gasteiger partial charge in [-0.15, -0.1) is 0 Å². The fourth-order valence-electron chi connectivity index (χ4n) is 1.78. The molecule has 0 aromatic carbocycles. The predicted octanol–water partition coefficient (Wildman–Crippen LogP) is 1.25. The first-order chi connectivity index (χ1) is 8.07. The first-order valence-corrected chi connectivity index (χ1v) is 6.35. The van der Waals surface area contributed by atoms with Crippen molar-refractivity contribution in [2.24, 2.45) is 5.73 Å². The molecule has 0 spiro atoms. The number of nitrogens with zero attached hydrogens (tertiary/aromatic N) is 4. The van der Waals surface area contributed by atoms with Gasteiger partial charge in [-0.1, -0.05) is 13.8 Å². The van der Waals surface area contributed by atoms with E-state index < -0.39 is 0 Å². The molecule has 0 radical (unpaired) electrons. The fraction of sp³-hybridized carbons (Fsp3) is 0.833. The monoisotopic (exact) mass is 239 g/mol. The standard InChI is InChI=1S/C12H25N5/c1-5-7-17-11(14-10-15-17)8-16(4)12(3,6-2)9-13/h10H,5-9,13H2,1-4H3. The average molecular weight is 239 g/mol. The lowest BCUT2D eigenvalue weighted by atomic mass is 9.97. The number of hydrogen-bond donors (Lipinski definition) is 1. The summed E-state index contributed by atoms with van der Waals surface area (Å²) < 4.78 is 1.98. The van der Waals surface area contributed by atoms with Gasteiger partial charge >= 0.3 is 0 Å². The molecule has 0 aliphatic carbocycles. The van der Waals surface area contributed by atoms with E-state index in [9.17, 15) is 0 Å². The first-order valence-electron chi connectivity index (χ1n) is 6.35. The van der Waals surface area contributed by atoms with E-state index in [4.69, 9.17) is 5.73 Å². The molecule has 1 atom stereocenters. The van der Waals surface area contributed by atoms with Crippen molar-refractivity contribution in [2.45, 2.75) is 52.2 Å². The summed E-state index contributed by atoms with van der Waals surface area (Å²) in [4.78, 5) is 6.59. The molecular weight excluding hydrogens is 214 g/mol. The summed E-state index contributed by atoms with van der Waals surface area (Å²) in [6, 6.07) is 0. The van der Waals surface area contributed by atoms with Crippen LogP contribution in [0.1, 0.15) is 39.4 Å². The maximum absolute atomic E-state index is 5.86. The Bertz CT molecular complexity index is 329. The highest BCUT2D eigenvalue weighted by Gasteiger charge is 2.26. The van der Waals surface area contributed by atoms with E-state index in [1.807, 2.05) is 4.68 Å². The van der Waals surface area contributed by atoms with Gasteiger partial charge < -0.3 is 5.73 Å². The number of nitrogens with two attached hydrogens (primary N) is 1. The van der Waals surface area contributed by atoms with Gasteiger partial charge in [-0.3, -0.25) is 4.90 Å². The Balaban J connectivity index is 2.73. The Morgan fingerprint density at radius 3 is 2.71 bits per heavy atom. The smallest absolute Gasteiger partial charge is 0.141 e. The van der Waals surface area contributed by atoms with Crippen molar-refractivity contribution in [1.82, 2.24) is 19.7 Å². The third-order valence-corrected chi connectivity index (χ3v) is 3.63. The topological polar surface area (TPSA) is 60.0 Å². The van der Waals surface area contributed by atoms with Crippen LogP contribution in [0, 0.1) is 0 Å². The second-order valence-electron chi connectivity index (χ2n) is 4.81. The summed E-state index contributed by atoms with van der Waals surface area (Å²) in [6.45, 7) is 8.87. The third-order valence-electron chi connectivity index (χ3n) is 3.63. The number of aromatic nitrogens is 3. The van der Waals surface area contributed by atoms with Crippen molar-refractivity contribution in [3.63, 3.8) is 0 Å². The molecule has 0 aliphatic rings. The molecule has 1 unspecified atom stereocenters. The van der Waals surface area contributed by atoms with Gasteiger partial charge in [0.2, 0.25) is 0 Å². The molecule has 5 nitrogen and oxygen atoms in total. The normalized spacial score (nSPS) is 15.2. The zero-order chi connectivity index (χ0) is 12.9. The summed E-state index contributed by atoms with van der Waals surface area (Å²) in [7, 11) is 2.10. The van der Waals surface area contributed by atoms with E-state index in [2.05, 4.69) is 42.8 Å². The van der Waals surface area contributed by atoms with Crippen LogP contribution in [-0.4, -0.2) is 38.8 Å². The van der Waals surface area contributed by atoms with Crippen LogP contribution in [0.4, 0.5) is 0 Å². The molecule has 1 rings (SSSR count). The summed E-state index contributed by atoms with van der Waals surface area (Å²) in [6.07, 6.45) is 3.73. The molecule has 98 valence electrons. The van der Waals surface area contributed by atoms with Crippen molar-refractivity contribution < 1.29 is 0 Å². The second kappa shape index (κ2) is 6.12. The molecule has 1 heterocycles. The highest BCUT2D eigenvalue weighted by molar-refractivity contribution is 4.90. The van der Waals surface area contributed by atoms with Crippen molar-refractivity contribution in [3.8, 4) is 0 Å². The minimum Gasteiger partial charge on any atom is -0.329 e. The van der Waals surface area contributed by atoms with E-state index in [0.717, 1.165) is 31.8 Å². The van der Waals surface area contributed by atoms with E-state index in [-0.39, 0.29) is 5.54 Å². The van der Waals surface area contributed by atoms with E-state index in [1.54, 1.807) is 6.33 Å². The molecule has 1 aromatic rings. The molecule has 5 heteroatoms. The maximum Gasteiger partial charge on any atom is 0.141 e. The van der Waals surface area contributed by atoms with Crippen molar-refractivity contribution >= 4 is 0 Å². The van der Waals surface area contributed by atoms with Crippen LogP contribution < -0.4 is 5.73 Å². The average Bonchev–Trinajstić information content (AvgIpc) is 2.76. The molecule has 0 fully saturated rings. The predicted molar refractivity (Wildman–Crippen MR) is 69.5 cm³/mol. The first kappa shape index (κ1) is 14.1. The third kappa shape index (κ3) is 3.26. The molecule has 0 saturated carbocycles. The Morgan fingerprint density at radius 1 is 1.47 bits per heavy atom. The summed E-state index contributed by atoms with van der Waals surface area (Å²) in [5.41, 5.74) is 5.89. The molecule has 0 saturated heterocycles. The van der Waals surface area contributed by atoms with Crippen molar-refractivity contribution in [3.05, 3.63) is 12.2 Å².